The monoisotopic (exact) mass is 494 g/mol. The molecule has 0 fully saturated rings. The van der Waals surface area contributed by atoms with Gasteiger partial charge in [-0.25, -0.2) is 4.39 Å². The summed E-state index contributed by atoms with van der Waals surface area (Å²) in [6, 6.07) is 13.6. The van der Waals surface area contributed by atoms with Crippen LogP contribution >= 0.6 is 27.7 Å². The third kappa shape index (κ3) is 7.76. The lowest BCUT2D eigenvalue weighted by Gasteiger charge is -2.29. The molecule has 0 aliphatic carbocycles. The van der Waals surface area contributed by atoms with Gasteiger partial charge in [0.1, 0.15) is 11.9 Å². The Hall–Kier alpha value is -1.86. The van der Waals surface area contributed by atoms with Crippen molar-refractivity contribution in [2.45, 2.75) is 39.1 Å². The summed E-state index contributed by atoms with van der Waals surface area (Å²) in [5.74, 6) is 0.299. The molecule has 2 aromatic carbocycles. The smallest absolute Gasteiger partial charge is 0.242 e. The fourth-order valence-electron chi connectivity index (χ4n) is 2.81. The van der Waals surface area contributed by atoms with Crippen molar-refractivity contribution in [2.24, 2.45) is 5.92 Å². The average molecular weight is 495 g/mol. The molecule has 0 aliphatic rings. The van der Waals surface area contributed by atoms with Crippen LogP contribution in [0.15, 0.2) is 53.0 Å². The lowest BCUT2D eigenvalue weighted by Crippen LogP contribution is -2.48. The first-order valence-corrected chi connectivity index (χ1v) is 11.9. The number of halogens is 2. The number of carbonyl (C=O) groups excluding carboxylic acids is 2. The van der Waals surface area contributed by atoms with E-state index in [1.165, 1.54) is 17.8 Å². The van der Waals surface area contributed by atoms with Crippen molar-refractivity contribution >= 4 is 39.5 Å². The Balaban J connectivity index is 2.07. The Labute approximate surface area is 190 Å². The SMILES string of the molecule is CC(C)CNC(=O)[C@H](C)N(Cc1cccc(Br)c1)C(=O)CSCc1ccccc1F. The molecule has 2 rings (SSSR count). The van der Waals surface area contributed by atoms with Crippen LogP contribution < -0.4 is 5.32 Å². The minimum Gasteiger partial charge on any atom is -0.354 e. The van der Waals surface area contributed by atoms with Crippen molar-refractivity contribution in [1.29, 1.82) is 0 Å². The number of benzene rings is 2. The van der Waals surface area contributed by atoms with Crippen LogP contribution in [-0.2, 0) is 21.9 Å². The Morgan fingerprint density at radius 3 is 2.53 bits per heavy atom. The van der Waals surface area contributed by atoms with Gasteiger partial charge in [0, 0.05) is 23.3 Å². The van der Waals surface area contributed by atoms with E-state index in [4.69, 9.17) is 0 Å². The molecule has 0 unspecified atom stereocenters. The number of carbonyl (C=O) groups is 2. The molecule has 4 nitrogen and oxygen atoms in total. The van der Waals surface area contributed by atoms with E-state index >= 15 is 0 Å². The fraction of sp³-hybridized carbons (Fsp3) is 0.391. The first-order chi connectivity index (χ1) is 14.3. The van der Waals surface area contributed by atoms with E-state index in [9.17, 15) is 14.0 Å². The van der Waals surface area contributed by atoms with Crippen LogP contribution in [0.2, 0.25) is 0 Å². The van der Waals surface area contributed by atoms with Crippen molar-refractivity contribution in [3.05, 3.63) is 69.9 Å². The van der Waals surface area contributed by atoms with Gasteiger partial charge < -0.3 is 10.2 Å². The number of nitrogens with one attached hydrogen (secondary N) is 1. The summed E-state index contributed by atoms with van der Waals surface area (Å²) in [7, 11) is 0. The predicted molar refractivity (Wildman–Crippen MR) is 125 cm³/mol. The third-order valence-electron chi connectivity index (χ3n) is 4.53. The molecule has 30 heavy (non-hydrogen) atoms. The van der Waals surface area contributed by atoms with E-state index in [-0.39, 0.29) is 23.4 Å². The molecule has 7 heteroatoms. The molecule has 0 saturated carbocycles. The molecule has 2 aromatic rings. The zero-order valence-corrected chi connectivity index (χ0v) is 19.9. The highest BCUT2D eigenvalue weighted by atomic mass is 79.9. The molecular formula is C23H28BrFN2O2S. The summed E-state index contributed by atoms with van der Waals surface area (Å²) in [5, 5.41) is 2.91. The standard InChI is InChI=1S/C23H28BrFN2O2S/c1-16(2)12-26-23(29)17(3)27(13-18-7-6-9-20(24)11-18)22(28)15-30-14-19-8-4-5-10-21(19)25/h4-11,16-17H,12-15H2,1-3H3,(H,26,29)/t17-/m0/s1. The molecular weight excluding hydrogens is 467 g/mol. The molecule has 0 aliphatic heterocycles. The maximum Gasteiger partial charge on any atom is 0.242 e. The van der Waals surface area contributed by atoms with Crippen LogP contribution in [-0.4, -0.2) is 35.1 Å². The maximum atomic E-state index is 13.8. The minimum absolute atomic E-state index is 0.150. The lowest BCUT2D eigenvalue weighted by atomic mass is 10.1. The molecule has 0 spiro atoms. The van der Waals surface area contributed by atoms with E-state index in [0.717, 1.165) is 10.0 Å². The normalized spacial score (nSPS) is 11.9. The number of thioether (sulfide) groups is 1. The van der Waals surface area contributed by atoms with Gasteiger partial charge >= 0.3 is 0 Å². The second-order valence-electron chi connectivity index (χ2n) is 7.55. The van der Waals surface area contributed by atoms with E-state index in [1.54, 1.807) is 30.0 Å². The number of hydrogen-bond acceptors (Lipinski definition) is 3. The van der Waals surface area contributed by atoms with Gasteiger partial charge in [0.2, 0.25) is 11.8 Å². The summed E-state index contributed by atoms with van der Waals surface area (Å²) in [6.07, 6.45) is 0. The van der Waals surface area contributed by atoms with Gasteiger partial charge in [-0.05, 0) is 42.2 Å². The molecule has 0 saturated heterocycles. The molecule has 1 N–H and O–H groups in total. The first-order valence-electron chi connectivity index (χ1n) is 9.90. The largest absolute Gasteiger partial charge is 0.354 e. The van der Waals surface area contributed by atoms with E-state index in [1.807, 2.05) is 38.1 Å². The molecule has 1 atom stereocenters. The minimum atomic E-state index is -0.607. The molecule has 162 valence electrons. The molecule has 0 aromatic heterocycles. The van der Waals surface area contributed by atoms with Gasteiger partial charge in [-0.1, -0.05) is 60.1 Å². The summed E-state index contributed by atoms with van der Waals surface area (Å²) in [5.41, 5.74) is 1.50. The van der Waals surface area contributed by atoms with Crippen LogP contribution in [0.3, 0.4) is 0 Å². The first kappa shape index (κ1) is 24.4. The van der Waals surface area contributed by atoms with E-state index in [2.05, 4.69) is 21.2 Å². The summed E-state index contributed by atoms with van der Waals surface area (Å²) in [6.45, 7) is 6.68. The van der Waals surface area contributed by atoms with E-state index < -0.39 is 6.04 Å². The third-order valence-corrected chi connectivity index (χ3v) is 5.99. The quantitative estimate of drug-likeness (QED) is 0.504. The summed E-state index contributed by atoms with van der Waals surface area (Å²) >= 11 is 4.79. The lowest BCUT2D eigenvalue weighted by molar-refractivity contribution is -0.138. The number of amides is 2. The Morgan fingerprint density at radius 2 is 1.87 bits per heavy atom. The predicted octanol–water partition coefficient (Wildman–Crippen LogP) is 5.01. The Bertz CT molecular complexity index is 863. The highest BCUT2D eigenvalue weighted by molar-refractivity contribution is 9.10. The zero-order chi connectivity index (χ0) is 22.1. The highest BCUT2D eigenvalue weighted by Crippen LogP contribution is 2.19. The molecule has 2 amide bonds. The second-order valence-corrected chi connectivity index (χ2v) is 9.45. The van der Waals surface area contributed by atoms with E-state index in [0.29, 0.717) is 30.3 Å². The van der Waals surface area contributed by atoms with Crippen molar-refractivity contribution in [2.75, 3.05) is 12.3 Å². The number of hydrogen-bond donors (Lipinski definition) is 1. The fourth-order valence-corrected chi connectivity index (χ4v) is 4.16. The molecule has 0 bridgehead atoms. The summed E-state index contributed by atoms with van der Waals surface area (Å²) in [4.78, 5) is 27.2. The van der Waals surface area contributed by atoms with Crippen molar-refractivity contribution < 1.29 is 14.0 Å². The van der Waals surface area contributed by atoms with Gasteiger partial charge in [0.25, 0.3) is 0 Å². The Kier molecular flexibility index (Phi) is 9.85. The van der Waals surface area contributed by atoms with Crippen LogP contribution in [0.1, 0.15) is 31.9 Å². The number of rotatable bonds is 10. The highest BCUT2D eigenvalue weighted by Gasteiger charge is 2.26. The van der Waals surface area contributed by atoms with Crippen LogP contribution in [0.4, 0.5) is 4.39 Å². The molecule has 0 heterocycles. The topological polar surface area (TPSA) is 49.4 Å². The second kappa shape index (κ2) is 12.1. The van der Waals surface area contributed by atoms with Gasteiger partial charge in [-0.15, -0.1) is 11.8 Å². The maximum absolute atomic E-state index is 13.8. The van der Waals surface area contributed by atoms with Crippen LogP contribution in [0.5, 0.6) is 0 Å². The summed E-state index contributed by atoms with van der Waals surface area (Å²) < 4.78 is 14.7. The van der Waals surface area contributed by atoms with Gasteiger partial charge in [0.05, 0.1) is 5.75 Å². The zero-order valence-electron chi connectivity index (χ0n) is 17.5. The van der Waals surface area contributed by atoms with Gasteiger partial charge in [-0.2, -0.15) is 0 Å². The molecule has 0 radical (unpaired) electrons. The van der Waals surface area contributed by atoms with Crippen LogP contribution in [0.25, 0.3) is 0 Å². The van der Waals surface area contributed by atoms with Gasteiger partial charge in [0.15, 0.2) is 0 Å². The Morgan fingerprint density at radius 1 is 1.13 bits per heavy atom. The van der Waals surface area contributed by atoms with Crippen molar-refractivity contribution in [3.8, 4) is 0 Å². The van der Waals surface area contributed by atoms with Crippen molar-refractivity contribution in [3.63, 3.8) is 0 Å². The van der Waals surface area contributed by atoms with Crippen molar-refractivity contribution in [1.82, 2.24) is 10.2 Å². The van der Waals surface area contributed by atoms with Gasteiger partial charge in [-0.3, -0.25) is 9.59 Å². The average Bonchev–Trinajstić information content (AvgIpc) is 2.71. The number of nitrogens with zero attached hydrogens (tertiary/aromatic N) is 1. The van der Waals surface area contributed by atoms with Crippen LogP contribution in [0, 0.1) is 11.7 Å².